The lowest BCUT2D eigenvalue weighted by Crippen LogP contribution is -1.94. The summed E-state index contributed by atoms with van der Waals surface area (Å²) in [5.74, 6) is 2.23. The highest BCUT2D eigenvalue weighted by Crippen LogP contribution is 2.27. The zero-order valence-corrected chi connectivity index (χ0v) is 11.6. The number of aryl methyl sites for hydroxylation is 2. The fourth-order valence-electron chi connectivity index (χ4n) is 2.13. The van der Waals surface area contributed by atoms with Crippen molar-refractivity contribution in [3.63, 3.8) is 0 Å². The van der Waals surface area contributed by atoms with Gasteiger partial charge in [0, 0.05) is 11.1 Å². The first-order chi connectivity index (χ1) is 10.0. The second-order valence-electron chi connectivity index (χ2n) is 4.75. The second-order valence-corrected chi connectivity index (χ2v) is 4.75. The molecule has 3 rings (SSSR count). The molecule has 2 heterocycles. The van der Waals surface area contributed by atoms with Crippen LogP contribution in [-0.2, 0) is 0 Å². The largest absolute Gasteiger partial charge is 0.466 e. The number of rotatable bonds is 3. The average molecular weight is 286 g/mol. The molecule has 0 aliphatic rings. The molecular weight excluding hydrogens is 272 g/mol. The van der Waals surface area contributed by atoms with Crippen molar-refractivity contribution in [1.29, 1.82) is 0 Å². The van der Waals surface area contributed by atoms with E-state index in [9.17, 15) is 10.2 Å². The first-order valence-electron chi connectivity index (χ1n) is 6.42. The summed E-state index contributed by atoms with van der Waals surface area (Å²) < 4.78 is 10.7. The molecule has 0 aliphatic carbocycles. The van der Waals surface area contributed by atoms with E-state index in [0.29, 0.717) is 28.6 Å². The van der Waals surface area contributed by atoms with Gasteiger partial charge in [0.15, 0.2) is 6.29 Å². The van der Waals surface area contributed by atoms with Gasteiger partial charge in [0.25, 0.3) is 5.89 Å². The molecule has 0 saturated heterocycles. The van der Waals surface area contributed by atoms with Gasteiger partial charge < -0.3 is 19.2 Å². The summed E-state index contributed by atoms with van der Waals surface area (Å²) in [6.45, 7) is 3.68. The average Bonchev–Trinajstić information content (AvgIpc) is 3.05. The summed E-state index contributed by atoms with van der Waals surface area (Å²) in [6, 6.07) is 8.52. The second kappa shape index (κ2) is 5.16. The third kappa shape index (κ3) is 2.58. The fourth-order valence-corrected chi connectivity index (χ4v) is 2.13. The van der Waals surface area contributed by atoms with Crippen LogP contribution in [0.2, 0.25) is 0 Å². The molecule has 108 valence electrons. The third-order valence-electron chi connectivity index (χ3n) is 3.14. The lowest BCUT2D eigenvalue weighted by Gasteiger charge is -2.03. The highest BCUT2D eigenvalue weighted by Gasteiger charge is 2.16. The van der Waals surface area contributed by atoms with Crippen molar-refractivity contribution in [2.45, 2.75) is 20.1 Å². The van der Waals surface area contributed by atoms with Crippen LogP contribution in [0.4, 0.5) is 0 Å². The number of aliphatic hydroxyl groups is 2. The molecule has 0 unspecified atom stereocenters. The van der Waals surface area contributed by atoms with Crippen LogP contribution in [-0.4, -0.2) is 20.4 Å². The van der Waals surface area contributed by atoms with Crippen molar-refractivity contribution in [1.82, 2.24) is 10.1 Å². The lowest BCUT2D eigenvalue weighted by atomic mass is 10.1. The van der Waals surface area contributed by atoms with Crippen LogP contribution in [0.25, 0.3) is 22.8 Å². The normalized spacial score (nSPS) is 11.3. The summed E-state index contributed by atoms with van der Waals surface area (Å²) in [6.07, 6.45) is -1.53. The quantitative estimate of drug-likeness (QED) is 0.719. The number of hydrogen-bond acceptors (Lipinski definition) is 6. The van der Waals surface area contributed by atoms with E-state index in [1.54, 1.807) is 24.3 Å². The van der Waals surface area contributed by atoms with Crippen LogP contribution in [0, 0.1) is 13.8 Å². The van der Waals surface area contributed by atoms with Gasteiger partial charge >= 0.3 is 0 Å². The predicted molar refractivity (Wildman–Crippen MR) is 74.1 cm³/mol. The molecule has 0 atom stereocenters. The summed E-state index contributed by atoms with van der Waals surface area (Å²) >= 11 is 0. The van der Waals surface area contributed by atoms with E-state index in [1.165, 1.54) is 0 Å². The van der Waals surface area contributed by atoms with E-state index >= 15 is 0 Å². The minimum atomic E-state index is -1.53. The maximum absolute atomic E-state index is 9.20. The molecule has 21 heavy (non-hydrogen) atoms. The minimum Gasteiger partial charge on any atom is -0.466 e. The summed E-state index contributed by atoms with van der Waals surface area (Å²) in [4.78, 5) is 4.32. The number of hydrogen-bond donors (Lipinski definition) is 2. The first kappa shape index (κ1) is 13.5. The topological polar surface area (TPSA) is 92.5 Å². The molecular formula is C15H14N2O4. The predicted octanol–water partition coefficient (Wildman–Crippen LogP) is 2.60. The van der Waals surface area contributed by atoms with Gasteiger partial charge in [-0.2, -0.15) is 4.98 Å². The van der Waals surface area contributed by atoms with Gasteiger partial charge in [-0.25, -0.2) is 0 Å². The van der Waals surface area contributed by atoms with Gasteiger partial charge in [-0.05, 0) is 26.0 Å². The van der Waals surface area contributed by atoms with Gasteiger partial charge in [-0.1, -0.05) is 23.4 Å². The van der Waals surface area contributed by atoms with E-state index in [1.807, 2.05) is 19.9 Å². The summed E-state index contributed by atoms with van der Waals surface area (Å²) in [5, 5.41) is 22.3. The van der Waals surface area contributed by atoms with Gasteiger partial charge in [-0.15, -0.1) is 0 Å². The molecule has 3 aromatic rings. The highest BCUT2D eigenvalue weighted by molar-refractivity contribution is 5.61. The van der Waals surface area contributed by atoms with E-state index in [4.69, 9.17) is 8.94 Å². The Kier molecular flexibility index (Phi) is 3.32. The zero-order valence-electron chi connectivity index (χ0n) is 11.6. The smallest absolute Gasteiger partial charge is 0.261 e. The third-order valence-corrected chi connectivity index (χ3v) is 3.14. The van der Waals surface area contributed by atoms with Crippen LogP contribution < -0.4 is 0 Å². The maximum Gasteiger partial charge on any atom is 0.261 e. The van der Waals surface area contributed by atoms with Crippen LogP contribution in [0.15, 0.2) is 39.3 Å². The number of aliphatic hydroxyl groups excluding tert-OH is 1. The number of benzene rings is 1. The van der Waals surface area contributed by atoms with Crippen LogP contribution in [0.5, 0.6) is 0 Å². The van der Waals surface area contributed by atoms with Crippen LogP contribution in [0.3, 0.4) is 0 Å². The van der Waals surface area contributed by atoms with E-state index < -0.39 is 6.29 Å². The molecule has 0 aliphatic heterocycles. The van der Waals surface area contributed by atoms with E-state index in [2.05, 4.69) is 10.1 Å². The Bertz CT molecular complexity index is 774. The number of nitrogens with zero attached hydrogens (tertiary/aromatic N) is 2. The molecule has 0 bridgehead atoms. The molecule has 0 amide bonds. The molecule has 2 aromatic heterocycles. The number of aromatic nitrogens is 2. The van der Waals surface area contributed by atoms with Gasteiger partial charge in [0.1, 0.15) is 11.5 Å². The molecule has 6 nitrogen and oxygen atoms in total. The minimum absolute atomic E-state index is 0.370. The summed E-state index contributed by atoms with van der Waals surface area (Å²) in [5.41, 5.74) is 1.77. The van der Waals surface area contributed by atoms with Crippen LogP contribution >= 0.6 is 0 Å². The Hall–Kier alpha value is -2.44. The summed E-state index contributed by atoms with van der Waals surface area (Å²) in [7, 11) is 0. The Balaban J connectivity index is 1.98. The molecule has 0 saturated carbocycles. The fraction of sp³-hybridized carbons (Fsp3) is 0.200. The van der Waals surface area contributed by atoms with Crippen molar-refractivity contribution in [3.05, 3.63) is 47.4 Å². The molecule has 1 aromatic carbocycles. The molecule has 6 heteroatoms. The Morgan fingerprint density at radius 3 is 2.62 bits per heavy atom. The Morgan fingerprint density at radius 2 is 1.95 bits per heavy atom. The van der Waals surface area contributed by atoms with Crippen LogP contribution in [0.1, 0.15) is 23.4 Å². The van der Waals surface area contributed by atoms with Crippen molar-refractivity contribution in [3.8, 4) is 22.8 Å². The SMILES string of the molecule is Cc1cc(-c2nc(-c3cccc(C(O)O)c3)no2)c(C)o1. The van der Waals surface area contributed by atoms with Gasteiger partial charge in [0.05, 0.1) is 5.56 Å². The monoisotopic (exact) mass is 286 g/mol. The van der Waals surface area contributed by atoms with E-state index in [0.717, 1.165) is 11.3 Å². The Morgan fingerprint density at radius 1 is 1.14 bits per heavy atom. The zero-order chi connectivity index (χ0) is 15.0. The molecule has 2 N–H and O–H groups in total. The van der Waals surface area contributed by atoms with Crippen molar-refractivity contribution in [2.75, 3.05) is 0 Å². The number of furan rings is 1. The molecule has 0 radical (unpaired) electrons. The van der Waals surface area contributed by atoms with E-state index in [-0.39, 0.29) is 0 Å². The van der Waals surface area contributed by atoms with Crippen molar-refractivity contribution >= 4 is 0 Å². The van der Waals surface area contributed by atoms with Gasteiger partial charge in [-0.3, -0.25) is 0 Å². The molecule has 0 spiro atoms. The van der Waals surface area contributed by atoms with Crippen molar-refractivity contribution < 1.29 is 19.2 Å². The highest BCUT2D eigenvalue weighted by atomic mass is 16.5. The first-order valence-corrected chi connectivity index (χ1v) is 6.42. The maximum atomic E-state index is 9.20. The Labute approximate surface area is 120 Å². The van der Waals surface area contributed by atoms with Gasteiger partial charge in [0.2, 0.25) is 5.82 Å². The molecule has 0 fully saturated rings. The van der Waals surface area contributed by atoms with Crippen molar-refractivity contribution in [2.24, 2.45) is 0 Å². The lowest BCUT2D eigenvalue weighted by molar-refractivity contribution is -0.0424. The standard InChI is InChI=1S/C15H14N2O4/c1-8-6-12(9(2)20-8)14-16-13(17-21-14)10-4-3-5-11(7-10)15(18)19/h3-7,15,18-19H,1-2H3.